The molecule has 0 saturated carbocycles. The predicted octanol–water partition coefficient (Wildman–Crippen LogP) is 7.25. The number of rotatable bonds is 4. The molecule has 0 aromatic heterocycles. The molecule has 2 saturated heterocycles. The van der Waals surface area contributed by atoms with Crippen LogP contribution in [0.4, 0.5) is 9.59 Å². The maximum absolute atomic E-state index is 12.1. The minimum Gasteiger partial charge on any atom is -0.444 e. The lowest BCUT2D eigenvalue weighted by atomic mass is 9.94. The number of carbonyl (C=O) groups is 2. The van der Waals surface area contributed by atoms with E-state index in [0.717, 1.165) is 25.8 Å². The molecule has 2 fully saturated rings. The number of nitrogens with zero attached hydrogens (tertiary/aromatic N) is 2. The molecule has 2 atom stereocenters. The fourth-order valence-corrected chi connectivity index (χ4v) is 5.03. The molecule has 214 valence electrons. The van der Waals surface area contributed by atoms with Gasteiger partial charge < -0.3 is 24.4 Å². The van der Waals surface area contributed by atoms with Crippen LogP contribution in [0.5, 0.6) is 0 Å². The Bertz CT molecular complexity index is 618. The van der Waals surface area contributed by atoms with E-state index in [1.165, 1.54) is 12.8 Å². The minimum absolute atomic E-state index is 0.0673. The molecule has 36 heavy (non-hydrogen) atoms. The Morgan fingerprint density at radius 3 is 1.39 bits per heavy atom. The Morgan fingerprint density at radius 1 is 0.778 bits per heavy atom. The average Bonchev–Trinajstić information content (AvgIpc) is 3.16. The zero-order valence-electron chi connectivity index (χ0n) is 25.8. The lowest BCUT2D eigenvalue weighted by molar-refractivity contribution is 0.0118. The first-order valence-electron chi connectivity index (χ1n) is 13.9. The summed E-state index contributed by atoms with van der Waals surface area (Å²) in [6.45, 7) is 27.6. The maximum Gasteiger partial charge on any atom is 0.410 e. The first kappa shape index (κ1) is 34.5. The monoisotopic (exact) mass is 514 g/mol. The van der Waals surface area contributed by atoms with E-state index in [1.54, 1.807) is 4.90 Å². The van der Waals surface area contributed by atoms with Crippen molar-refractivity contribution in [2.24, 2.45) is 11.8 Å². The minimum atomic E-state index is -0.456. The van der Waals surface area contributed by atoms with Gasteiger partial charge in [-0.2, -0.15) is 0 Å². The normalized spacial score (nSPS) is 22.7. The van der Waals surface area contributed by atoms with Crippen molar-refractivity contribution in [1.82, 2.24) is 9.80 Å². The number of carbonyl (C=O) groups excluding carboxylic acids is 2. The van der Waals surface area contributed by atoms with E-state index in [0.29, 0.717) is 18.4 Å². The van der Waals surface area contributed by atoms with Crippen molar-refractivity contribution in [3.05, 3.63) is 0 Å². The Hall–Kier alpha value is -1.50. The molecule has 0 aromatic rings. The number of amides is 2. The molecule has 0 radical (unpaired) electrons. The molecular weight excluding hydrogens is 456 g/mol. The number of aliphatic hydroxyl groups is 1. The summed E-state index contributed by atoms with van der Waals surface area (Å²) < 4.78 is 10.9. The van der Waals surface area contributed by atoms with Crippen molar-refractivity contribution in [3.8, 4) is 0 Å². The number of likely N-dealkylation sites (tertiary alicyclic amines) is 2. The molecule has 0 aromatic carbocycles. The van der Waals surface area contributed by atoms with Crippen LogP contribution in [0.15, 0.2) is 0 Å². The summed E-state index contributed by atoms with van der Waals surface area (Å²) in [4.78, 5) is 27.9. The first-order chi connectivity index (χ1) is 16.3. The van der Waals surface area contributed by atoms with Crippen LogP contribution in [0.2, 0.25) is 0 Å². The van der Waals surface area contributed by atoms with Crippen LogP contribution >= 0.6 is 0 Å². The SMILES string of the molecule is CC.CC(C)(C)OC(=O)N1CC(CCO)CC1(C)C.CCCC1CN(C(=O)OC(C)(C)C)C(C)(C)C1. The third-order valence-electron chi connectivity index (χ3n) is 6.38. The van der Waals surface area contributed by atoms with Gasteiger partial charge in [0.2, 0.25) is 0 Å². The van der Waals surface area contributed by atoms with E-state index in [4.69, 9.17) is 14.6 Å². The van der Waals surface area contributed by atoms with E-state index in [1.807, 2.05) is 74.1 Å². The van der Waals surface area contributed by atoms with Crippen molar-refractivity contribution in [2.75, 3.05) is 19.7 Å². The Kier molecular flexibility index (Phi) is 13.3. The number of aliphatic hydroxyl groups excluding tert-OH is 1. The molecule has 0 spiro atoms. The van der Waals surface area contributed by atoms with Crippen molar-refractivity contribution in [1.29, 1.82) is 0 Å². The van der Waals surface area contributed by atoms with Crippen LogP contribution in [0.3, 0.4) is 0 Å². The van der Waals surface area contributed by atoms with Gasteiger partial charge in [-0.3, -0.25) is 0 Å². The quantitative estimate of drug-likeness (QED) is 0.427. The Labute approximate surface area is 222 Å². The first-order valence-corrected chi connectivity index (χ1v) is 13.9. The van der Waals surface area contributed by atoms with Crippen molar-refractivity contribution >= 4 is 12.2 Å². The molecule has 2 amide bonds. The summed E-state index contributed by atoms with van der Waals surface area (Å²) >= 11 is 0. The third kappa shape index (κ3) is 11.7. The van der Waals surface area contributed by atoms with Crippen molar-refractivity contribution in [3.63, 3.8) is 0 Å². The van der Waals surface area contributed by atoms with Gasteiger partial charge in [0.05, 0.1) is 0 Å². The van der Waals surface area contributed by atoms with Gasteiger partial charge in [0.1, 0.15) is 11.2 Å². The molecule has 2 unspecified atom stereocenters. The maximum atomic E-state index is 12.1. The van der Waals surface area contributed by atoms with E-state index in [-0.39, 0.29) is 29.9 Å². The van der Waals surface area contributed by atoms with E-state index in [9.17, 15) is 9.59 Å². The highest BCUT2D eigenvalue weighted by Gasteiger charge is 2.43. The average molecular weight is 515 g/mol. The molecule has 1 N–H and O–H groups in total. The zero-order valence-corrected chi connectivity index (χ0v) is 25.8. The van der Waals surface area contributed by atoms with E-state index >= 15 is 0 Å². The van der Waals surface area contributed by atoms with Crippen LogP contribution in [-0.2, 0) is 9.47 Å². The fourth-order valence-electron chi connectivity index (χ4n) is 5.03. The van der Waals surface area contributed by atoms with Gasteiger partial charge in [-0.25, -0.2) is 9.59 Å². The van der Waals surface area contributed by atoms with Gasteiger partial charge in [0, 0.05) is 30.8 Å². The summed E-state index contributed by atoms with van der Waals surface area (Å²) in [5, 5.41) is 8.97. The molecule has 2 aliphatic heterocycles. The fraction of sp³-hybridized carbons (Fsp3) is 0.931. The highest BCUT2D eigenvalue weighted by Crippen LogP contribution is 2.36. The topological polar surface area (TPSA) is 79.3 Å². The summed E-state index contributed by atoms with van der Waals surface area (Å²) in [6, 6.07) is 0. The summed E-state index contributed by atoms with van der Waals surface area (Å²) in [7, 11) is 0. The van der Waals surface area contributed by atoms with Gasteiger partial charge in [-0.05, 0) is 107 Å². The molecular formula is C29H58N2O5. The molecule has 2 rings (SSSR count). The molecule has 7 heteroatoms. The second kappa shape index (κ2) is 13.9. The van der Waals surface area contributed by atoms with Crippen LogP contribution in [0, 0.1) is 11.8 Å². The highest BCUT2D eigenvalue weighted by molar-refractivity contribution is 5.70. The summed E-state index contributed by atoms with van der Waals surface area (Å²) in [5.74, 6) is 1.00. The van der Waals surface area contributed by atoms with Gasteiger partial charge in [0.15, 0.2) is 0 Å². The second-order valence-electron chi connectivity index (χ2n) is 13.2. The highest BCUT2D eigenvalue weighted by atomic mass is 16.6. The van der Waals surface area contributed by atoms with Gasteiger partial charge in [-0.15, -0.1) is 0 Å². The lowest BCUT2D eigenvalue weighted by Crippen LogP contribution is -2.45. The summed E-state index contributed by atoms with van der Waals surface area (Å²) in [5.41, 5.74) is -1.11. The third-order valence-corrected chi connectivity index (χ3v) is 6.38. The number of hydrogen-bond acceptors (Lipinski definition) is 5. The molecule has 0 aliphatic carbocycles. The van der Waals surface area contributed by atoms with Crippen LogP contribution < -0.4 is 0 Å². The Morgan fingerprint density at radius 2 is 1.11 bits per heavy atom. The number of hydrogen-bond donors (Lipinski definition) is 1. The van der Waals surface area contributed by atoms with Crippen molar-refractivity contribution < 1.29 is 24.2 Å². The predicted molar refractivity (Wildman–Crippen MR) is 148 cm³/mol. The van der Waals surface area contributed by atoms with Crippen LogP contribution in [0.25, 0.3) is 0 Å². The smallest absolute Gasteiger partial charge is 0.410 e. The largest absolute Gasteiger partial charge is 0.444 e. The molecule has 2 heterocycles. The number of ether oxygens (including phenoxy) is 2. The lowest BCUT2D eigenvalue weighted by Gasteiger charge is -2.33. The molecule has 0 bridgehead atoms. The van der Waals surface area contributed by atoms with E-state index < -0.39 is 11.2 Å². The van der Waals surface area contributed by atoms with Gasteiger partial charge in [0.25, 0.3) is 0 Å². The standard InChI is InChI=1S/C14H27NO2.C13H25NO3.C2H6/c1-7-8-11-9-14(5,6)15(10-11)12(16)17-13(2,3)4;1-12(2,3)17-11(16)14-9-10(6-7-15)8-13(14,4)5;1-2/h11H,7-10H2,1-6H3;10,15H,6-9H2,1-5H3;1-2H3. The van der Waals surface area contributed by atoms with Crippen LogP contribution in [-0.4, -0.2) is 69.1 Å². The zero-order chi connectivity index (χ0) is 28.5. The second-order valence-corrected chi connectivity index (χ2v) is 13.2. The molecule has 7 nitrogen and oxygen atoms in total. The van der Waals surface area contributed by atoms with Crippen LogP contribution in [0.1, 0.15) is 122 Å². The van der Waals surface area contributed by atoms with Gasteiger partial charge >= 0.3 is 12.2 Å². The Balaban J connectivity index is 0.000000637. The van der Waals surface area contributed by atoms with Gasteiger partial charge in [-0.1, -0.05) is 27.2 Å². The molecule has 2 aliphatic rings. The van der Waals surface area contributed by atoms with E-state index in [2.05, 4.69) is 20.8 Å². The van der Waals surface area contributed by atoms with Crippen molar-refractivity contribution in [2.45, 2.75) is 144 Å². The summed E-state index contributed by atoms with van der Waals surface area (Å²) in [6.07, 6.45) is 4.73.